The first-order chi connectivity index (χ1) is 13.3. The number of amides is 2. The number of likely N-dealkylation sites (tertiary alicyclic amines) is 1. The van der Waals surface area contributed by atoms with Crippen molar-refractivity contribution < 1.29 is 18.0 Å². The Labute approximate surface area is 166 Å². The standard InChI is InChI=1S/C20H27N3O4S/c1-14-11-16-12-17(7-8-18(16)23(14)20(25)15-5-6-15)28(26,27)21(2)13-19(24)22-9-3-4-10-22/h7-8,12,14-15H,3-6,9-11,13H2,1-2H3. The first-order valence-corrected chi connectivity index (χ1v) is 11.4. The minimum absolute atomic E-state index is 0.0375. The Balaban J connectivity index is 1.53. The van der Waals surface area contributed by atoms with Gasteiger partial charge in [0, 0.05) is 37.8 Å². The summed E-state index contributed by atoms with van der Waals surface area (Å²) in [4.78, 5) is 28.6. The second-order valence-corrected chi connectivity index (χ2v) is 10.2. The maximum absolute atomic E-state index is 13.0. The SMILES string of the molecule is CC1Cc2cc(S(=O)(=O)N(C)CC(=O)N3CCCC3)ccc2N1C(=O)C1CC1. The number of likely N-dealkylation sites (N-methyl/N-ethyl adjacent to an activating group) is 1. The molecule has 0 spiro atoms. The van der Waals surface area contributed by atoms with Gasteiger partial charge in [-0.3, -0.25) is 9.59 Å². The molecule has 2 aliphatic heterocycles. The monoisotopic (exact) mass is 405 g/mol. The molecule has 0 N–H and O–H groups in total. The molecule has 0 bridgehead atoms. The van der Waals surface area contributed by atoms with Crippen LogP contribution >= 0.6 is 0 Å². The number of nitrogens with zero attached hydrogens (tertiary/aromatic N) is 3. The van der Waals surface area contributed by atoms with Crippen molar-refractivity contribution in [2.45, 2.75) is 50.0 Å². The van der Waals surface area contributed by atoms with Crippen molar-refractivity contribution in [3.63, 3.8) is 0 Å². The maximum atomic E-state index is 13.0. The number of benzene rings is 1. The molecule has 28 heavy (non-hydrogen) atoms. The molecule has 1 saturated heterocycles. The van der Waals surface area contributed by atoms with E-state index in [1.807, 2.05) is 11.8 Å². The summed E-state index contributed by atoms with van der Waals surface area (Å²) in [6, 6.07) is 4.99. The quantitative estimate of drug-likeness (QED) is 0.746. The number of carbonyl (C=O) groups is 2. The van der Waals surface area contributed by atoms with Gasteiger partial charge in [-0.2, -0.15) is 4.31 Å². The molecular weight excluding hydrogens is 378 g/mol. The smallest absolute Gasteiger partial charge is 0.243 e. The summed E-state index contributed by atoms with van der Waals surface area (Å²) in [6.45, 7) is 3.25. The fourth-order valence-electron chi connectivity index (χ4n) is 4.15. The summed E-state index contributed by atoms with van der Waals surface area (Å²) in [5.74, 6) is 0.120. The number of carbonyl (C=O) groups excluding carboxylic acids is 2. The van der Waals surface area contributed by atoms with Crippen molar-refractivity contribution in [3.8, 4) is 0 Å². The van der Waals surface area contributed by atoms with Gasteiger partial charge in [-0.1, -0.05) is 0 Å². The second-order valence-electron chi connectivity index (χ2n) is 8.18. The topological polar surface area (TPSA) is 78.0 Å². The van der Waals surface area contributed by atoms with Crippen LogP contribution in [-0.4, -0.2) is 62.2 Å². The molecule has 1 unspecified atom stereocenters. The van der Waals surface area contributed by atoms with Crippen LogP contribution < -0.4 is 4.90 Å². The lowest BCUT2D eigenvalue weighted by Gasteiger charge is -2.23. The molecule has 1 aromatic rings. The molecule has 1 aromatic carbocycles. The maximum Gasteiger partial charge on any atom is 0.243 e. The Hall–Kier alpha value is -1.93. The normalized spacial score (nSPS) is 22.0. The van der Waals surface area contributed by atoms with E-state index in [1.165, 1.54) is 7.05 Å². The largest absolute Gasteiger partial charge is 0.342 e. The highest BCUT2D eigenvalue weighted by atomic mass is 32.2. The number of fused-ring (bicyclic) bond motifs is 1. The Morgan fingerprint density at radius 1 is 1.18 bits per heavy atom. The third-order valence-corrected chi connectivity index (χ3v) is 7.75. The number of hydrogen-bond acceptors (Lipinski definition) is 4. The van der Waals surface area contributed by atoms with Crippen molar-refractivity contribution in [1.29, 1.82) is 0 Å². The molecular formula is C20H27N3O4S. The third kappa shape index (κ3) is 3.43. The van der Waals surface area contributed by atoms with Crippen molar-refractivity contribution >= 4 is 27.5 Å². The molecule has 152 valence electrons. The first-order valence-electron chi connectivity index (χ1n) is 9.99. The lowest BCUT2D eigenvalue weighted by molar-refractivity contribution is -0.130. The van der Waals surface area contributed by atoms with Crippen molar-refractivity contribution in [2.75, 3.05) is 31.6 Å². The van der Waals surface area contributed by atoms with E-state index >= 15 is 0 Å². The summed E-state index contributed by atoms with van der Waals surface area (Å²) in [5.41, 5.74) is 1.70. The fourth-order valence-corrected chi connectivity index (χ4v) is 5.32. The highest BCUT2D eigenvalue weighted by Gasteiger charge is 2.40. The molecule has 2 amide bonds. The van der Waals surface area contributed by atoms with E-state index in [1.54, 1.807) is 23.1 Å². The zero-order chi connectivity index (χ0) is 20.1. The number of sulfonamides is 1. The summed E-state index contributed by atoms with van der Waals surface area (Å²) < 4.78 is 27.1. The summed E-state index contributed by atoms with van der Waals surface area (Å²) in [6.07, 6.45) is 4.48. The Kier molecular flexibility index (Phi) is 4.95. The van der Waals surface area contributed by atoms with E-state index < -0.39 is 10.0 Å². The van der Waals surface area contributed by atoms with Gasteiger partial charge in [0.25, 0.3) is 0 Å². The van der Waals surface area contributed by atoms with Crippen LogP contribution in [0.5, 0.6) is 0 Å². The van der Waals surface area contributed by atoms with Crippen LogP contribution in [0.1, 0.15) is 38.2 Å². The van der Waals surface area contributed by atoms with Crippen LogP contribution in [0.25, 0.3) is 0 Å². The van der Waals surface area contributed by atoms with Crippen molar-refractivity contribution in [2.24, 2.45) is 5.92 Å². The van der Waals surface area contributed by atoms with Gasteiger partial charge < -0.3 is 9.80 Å². The minimum atomic E-state index is -3.76. The Morgan fingerprint density at radius 3 is 2.50 bits per heavy atom. The Morgan fingerprint density at radius 2 is 1.86 bits per heavy atom. The van der Waals surface area contributed by atoms with Crippen LogP contribution in [0.2, 0.25) is 0 Å². The predicted octanol–water partition coefficient (Wildman–Crippen LogP) is 1.62. The number of anilines is 1. The van der Waals surface area contributed by atoms with Crippen LogP contribution in [0, 0.1) is 5.92 Å². The van der Waals surface area contributed by atoms with Crippen molar-refractivity contribution in [3.05, 3.63) is 23.8 Å². The molecule has 0 aromatic heterocycles. The van der Waals surface area contributed by atoms with Crippen LogP contribution in [0.15, 0.2) is 23.1 Å². The van der Waals surface area contributed by atoms with E-state index in [0.717, 1.165) is 41.2 Å². The molecule has 8 heteroatoms. The molecule has 0 radical (unpaired) electrons. The zero-order valence-electron chi connectivity index (χ0n) is 16.4. The van der Waals surface area contributed by atoms with E-state index in [2.05, 4.69) is 0 Å². The summed E-state index contributed by atoms with van der Waals surface area (Å²) in [7, 11) is -2.32. The average Bonchev–Trinajstić information content (AvgIpc) is 3.24. The van der Waals surface area contributed by atoms with Gasteiger partial charge in [0.2, 0.25) is 21.8 Å². The molecule has 1 saturated carbocycles. The summed E-state index contributed by atoms with van der Waals surface area (Å²) >= 11 is 0. The van der Waals surface area contributed by atoms with Gasteiger partial charge in [-0.25, -0.2) is 8.42 Å². The lowest BCUT2D eigenvalue weighted by atomic mass is 10.1. The molecule has 1 atom stereocenters. The van der Waals surface area contributed by atoms with E-state index in [4.69, 9.17) is 0 Å². The highest BCUT2D eigenvalue weighted by molar-refractivity contribution is 7.89. The molecule has 1 aliphatic carbocycles. The van der Waals surface area contributed by atoms with Gasteiger partial charge >= 0.3 is 0 Å². The molecule has 3 aliphatic rings. The van der Waals surface area contributed by atoms with Gasteiger partial charge in [-0.15, -0.1) is 0 Å². The molecule has 7 nitrogen and oxygen atoms in total. The third-order valence-electron chi connectivity index (χ3n) is 5.96. The second kappa shape index (κ2) is 7.15. The van der Waals surface area contributed by atoms with E-state index in [0.29, 0.717) is 19.5 Å². The highest BCUT2D eigenvalue weighted by Crippen LogP contribution is 2.39. The molecule has 4 rings (SSSR count). The van der Waals surface area contributed by atoms with Crippen molar-refractivity contribution in [1.82, 2.24) is 9.21 Å². The van der Waals surface area contributed by atoms with Crippen LogP contribution in [0.3, 0.4) is 0 Å². The van der Waals surface area contributed by atoms with Gasteiger partial charge in [0.1, 0.15) is 0 Å². The summed E-state index contributed by atoms with van der Waals surface area (Å²) in [5, 5.41) is 0. The lowest BCUT2D eigenvalue weighted by Crippen LogP contribution is -2.39. The zero-order valence-corrected chi connectivity index (χ0v) is 17.2. The fraction of sp³-hybridized carbons (Fsp3) is 0.600. The van der Waals surface area contributed by atoms with Gasteiger partial charge in [0.05, 0.1) is 11.4 Å². The number of hydrogen-bond donors (Lipinski definition) is 0. The Bertz CT molecular complexity index is 904. The average molecular weight is 406 g/mol. The van der Waals surface area contributed by atoms with Crippen LogP contribution in [0.4, 0.5) is 5.69 Å². The predicted molar refractivity (Wildman–Crippen MR) is 105 cm³/mol. The molecule has 2 fully saturated rings. The minimum Gasteiger partial charge on any atom is -0.342 e. The van der Waals surface area contributed by atoms with Gasteiger partial charge in [-0.05, 0) is 62.8 Å². The van der Waals surface area contributed by atoms with E-state index in [9.17, 15) is 18.0 Å². The van der Waals surface area contributed by atoms with Gasteiger partial charge in [0.15, 0.2) is 0 Å². The number of rotatable bonds is 5. The first kappa shape index (κ1) is 19.4. The molecule has 2 heterocycles. The van der Waals surface area contributed by atoms with E-state index in [-0.39, 0.29) is 35.2 Å². The van der Waals surface area contributed by atoms with Crippen LogP contribution in [-0.2, 0) is 26.0 Å².